The molecule has 24 heavy (non-hydrogen) atoms. The lowest BCUT2D eigenvalue weighted by Crippen LogP contribution is -2.54. The highest BCUT2D eigenvalue weighted by Gasteiger charge is 2.25. The summed E-state index contributed by atoms with van der Waals surface area (Å²) in [5.41, 5.74) is 0. The zero-order chi connectivity index (χ0) is 16.8. The highest BCUT2D eigenvalue weighted by Crippen LogP contribution is 2.20. The predicted octanol–water partition coefficient (Wildman–Crippen LogP) is 2.18. The number of likely N-dealkylation sites (N-methyl/N-ethyl adjacent to an activating group) is 1. The number of nitrogens with one attached hydrogen (secondary N) is 1. The summed E-state index contributed by atoms with van der Waals surface area (Å²) in [7, 11) is 1.91. The monoisotopic (exact) mass is 451 g/mol. The molecule has 2 heterocycles. The van der Waals surface area contributed by atoms with Crippen LogP contribution in [0.1, 0.15) is 34.1 Å². The van der Waals surface area contributed by atoms with E-state index >= 15 is 0 Å². The van der Waals surface area contributed by atoms with Crippen LogP contribution in [0.25, 0.3) is 0 Å². The van der Waals surface area contributed by atoms with Gasteiger partial charge >= 0.3 is 0 Å². The summed E-state index contributed by atoms with van der Waals surface area (Å²) in [5.74, 6) is 2.61. The number of piperazine rings is 1. The third-order valence-corrected chi connectivity index (χ3v) is 5.41. The van der Waals surface area contributed by atoms with Crippen molar-refractivity contribution >= 4 is 29.9 Å². The Morgan fingerprint density at radius 1 is 1.12 bits per heavy atom. The lowest BCUT2D eigenvalue weighted by atomic mass is 9.92. The van der Waals surface area contributed by atoms with Crippen molar-refractivity contribution < 1.29 is 0 Å². The minimum atomic E-state index is 0. The Hall–Kier alpha value is -0.0800. The van der Waals surface area contributed by atoms with E-state index in [9.17, 15) is 0 Å². The Kier molecular flexibility index (Phi) is 9.89. The summed E-state index contributed by atoms with van der Waals surface area (Å²) < 4.78 is 0. The van der Waals surface area contributed by atoms with Crippen molar-refractivity contribution in [3.8, 4) is 0 Å². The van der Waals surface area contributed by atoms with Crippen LogP contribution >= 0.6 is 24.0 Å². The average molecular weight is 451 g/mol. The van der Waals surface area contributed by atoms with E-state index in [1.165, 1.54) is 39.1 Å². The van der Waals surface area contributed by atoms with Crippen molar-refractivity contribution in [3.05, 3.63) is 0 Å². The maximum absolute atomic E-state index is 4.53. The summed E-state index contributed by atoms with van der Waals surface area (Å²) in [5, 5.41) is 3.62. The summed E-state index contributed by atoms with van der Waals surface area (Å²) in [6, 6.07) is 0.561. The Bertz CT molecular complexity index is 372. The molecule has 142 valence electrons. The molecule has 2 aliphatic heterocycles. The first-order chi connectivity index (χ1) is 11.0. The van der Waals surface area contributed by atoms with Crippen LogP contribution in [-0.4, -0.2) is 86.1 Å². The van der Waals surface area contributed by atoms with E-state index < -0.39 is 0 Å². The molecule has 3 unspecified atom stereocenters. The van der Waals surface area contributed by atoms with Crippen molar-refractivity contribution in [2.75, 3.05) is 59.4 Å². The van der Waals surface area contributed by atoms with E-state index in [0.29, 0.717) is 6.04 Å². The highest BCUT2D eigenvalue weighted by atomic mass is 127. The quantitative estimate of drug-likeness (QED) is 0.404. The van der Waals surface area contributed by atoms with Crippen LogP contribution in [0.15, 0.2) is 4.99 Å². The molecule has 0 amide bonds. The normalized spacial score (nSPS) is 28.4. The zero-order valence-electron chi connectivity index (χ0n) is 16.3. The maximum atomic E-state index is 4.53. The minimum Gasteiger partial charge on any atom is -0.355 e. The summed E-state index contributed by atoms with van der Waals surface area (Å²) in [6.45, 7) is 18.5. The molecular formula is C18H38IN5. The van der Waals surface area contributed by atoms with Gasteiger partial charge in [0.1, 0.15) is 0 Å². The molecule has 5 nitrogen and oxygen atoms in total. The highest BCUT2D eigenvalue weighted by molar-refractivity contribution is 14.0. The van der Waals surface area contributed by atoms with E-state index in [4.69, 9.17) is 0 Å². The van der Waals surface area contributed by atoms with Gasteiger partial charge in [-0.15, -0.1) is 24.0 Å². The van der Waals surface area contributed by atoms with Crippen LogP contribution in [0, 0.1) is 11.8 Å². The molecule has 0 saturated carbocycles. The molecule has 0 aliphatic carbocycles. The first-order valence-corrected chi connectivity index (χ1v) is 9.45. The van der Waals surface area contributed by atoms with Crippen LogP contribution < -0.4 is 5.32 Å². The Labute approximate surface area is 166 Å². The predicted molar refractivity (Wildman–Crippen MR) is 114 cm³/mol. The molecule has 2 fully saturated rings. The Morgan fingerprint density at radius 2 is 1.71 bits per heavy atom. The summed E-state index contributed by atoms with van der Waals surface area (Å²) >= 11 is 0. The topological polar surface area (TPSA) is 34.1 Å². The van der Waals surface area contributed by atoms with Gasteiger partial charge in [0, 0.05) is 58.9 Å². The van der Waals surface area contributed by atoms with E-state index in [-0.39, 0.29) is 24.0 Å². The van der Waals surface area contributed by atoms with E-state index in [0.717, 1.165) is 37.4 Å². The molecule has 3 atom stereocenters. The molecule has 0 aromatic heterocycles. The molecule has 6 heteroatoms. The van der Waals surface area contributed by atoms with Crippen molar-refractivity contribution in [1.82, 2.24) is 20.0 Å². The number of hydrogen-bond donors (Lipinski definition) is 1. The van der Waals surface area contributed by atoms with Gasteiger partial charge in [-0.2, -0.15) is 0 Å². The Morgan fingerprint density at radius 3 is 2.21 bits per heavy atom. The number of likely N-dealkylation sites (tertiary alicyclic amines) is 1. The molecule has 0 aromatic carbocycles. The van der Waals surface area contributed by atoms with Crippen molar-refractivity contribution in [2.45, 2.75) is 40.2 Å². The number of aliphatic imine (C=N–C) groups is 1. The first kappa shape index (κ1) is 22.0. The first-order valence-electron chi connectivity index (χ1n) is 9.45. The largest absolute Gasteiger partial charge is 0.355 e. The summed E-state index contributed by atoms with van der Waals surface area (Å²) in [4.78, 5) is 12.1. The molecule has 0 bridgehead atoms. The van der Waals surface area contributed by atoms with Crippen LogP contribution in [0.3, 0.4) is 0 Å². The third-order valence-electron chi connectivity index (χ3n) is 5.41. The molecule has 2 rings (SSSR count). The Balaban J connectivity index is 0.00000288. The lowest BCUT2D eigenvalue weighted by Gasteiger charge is -2.39. The number of hydrogen-bond acceptors (Lipinski definition) is 3. The van der Waals surface area contributed by atoms with Gasteiger partial charge in [0.15, 0.2) is 5.96 Å². The van der Waals surface area contributed by atoms with Gasteiger partial charge in [-0.3, -0.25) is 9.89 Å². The fourth-order valence-electron chi connectivity index (χ4n) is 4.06. The van der Waals surface area contributed by atoms with Gasteiger partial charge in [-0.1, -0.05) is 20.8 Å². The second-order valence-corrected chi connectivity index (χ2v) is 7.60. The molecule has 0 aromatic rings. The zero-order valence-corrected chi connectivity index (χ0v) is 18.6. The van der Waals surface area contributed by atoms with Crippen molar-refractivity contribution in [1.29, 1.82) is 0 Å². The average Bonchev–Trinajstić information content (AvgIpc) is 2.54. The van der Waals surface area contributed by atoms with E-state index in [1.54, 1.807) is 0 Å². The third kappa shape index (κ3) is 6.33. The van der Waals surface area contributed by atoms with Gasteiger partial charge in [0.25, 0.3) is 0 Å². The fourth-order valence-corrected chi connectivity index (χ4v) is 4.06. The van der Waals surface area contributed by atoms with Crippen molar-refractivity contribution in [3.63, 3.8) is 0 Å². The molecule has 2 aliphatic rings. The van der Waals surface area contributed by atoms with Crippen LogP contribution in [0.5, 0.6) is 0 Å². The van der Waals surface area contributed by atoms with Gasteiger partial charge in [-0.25, -0.2) is 0 Å². The number of rotatable bonds is 4. The second kappa shape index (κ2) is 10.8. The molecule has 1 N–H and O–H groups in total. The van der Waals surface area contributed by atoms with E-state index in [2.05, 4.69) is 52.7 Å². The fraction of sp³-hybridized carbons (Fsp3) is 0.944. The molecule has 0 spiro atoms. The molecule has 0 radical (unpaired) electrons. The van der Waals surface area contributed by atoms with Gasteiger partial charge in [0.05, 0.1) is 0 Å². The lowest BCUT2D eigenvalue weighted by molar-refractivity contribution is 0.106. The van der Waals surface area contributed by atoms with Crippen LogP contribution in [0.4, 0.5) is 0 Å². The number of piperidine rings is 1. The van der Waals surface area contributed by atoms with Crippen LogP contribution in [-0.2, 0) is 0 Å². The SMILES string of the molecule is CCN1CCN(C(C)CNC(=NC)N2CC(C)CC(C)C2)CC1.I. The summed E-state index contributed by atoms with van der Waals surface area (Å²) in [6.07, 6.45) is 1.34. The van der Waals surface area contributed by atoms with Gasteiger partial charge in [-0.05, 0) is 31.7 Å². The van der Waals surface area contributed by atoms with Gasteiger partial charge in [0.2, 0.25) is 0 Å². The van der Waals surface area contributed by atoms with Gasteiger partial charge < -0.3 is 15.1 Å². The minimum absolute atomic E-state index is 0. The van der Waals surface area contributed by atoms with Crippen LogP contribution in [0.2, 0.25) is 0 Å². The number of nitrogens with zero attached hydrogens (tertiary/aromatic N) is 4. The van der Waals surface area contributed by atoms with E-state index in [1.807, 2.05) is 7.05 Å². The molecule has 2 saturated heterocycles. The molecular weight excluding hydrogens is 413 g/mol. The smallest absolute Gasteiger partial charge is 0.193 e. The standard InChI is InChI=1S/C18H37N5.HI/c1-6-21-7-9-22(10-8-21)17(4)12-20-18(19-5)23-13-15(2)11-16(3)14-23;/h15-17H,6-14H2,1-5H3,(H,19,20);1H. The van der Waals surface area contributed by atoms with Crippen molar-refractivity contribution in [2.24, 2.45) is 16.8 Å². The number of guanidine groups is 1. The maximum Gasteiger partial charge on any atom is 0.193 e. The number of halogens is 1. The second-order valence-electron chi connectivity index (χ2n) is 7.60.